The number of aryl methyl sites for hydroxylation is 2. The van der Waals surface area contributed by atoms with Crippen LogP contribution in [0.4, 0.5) is 5.69 Å². The molecule has 5 heteroatoms. The van der Waals surface area contributed by atoms with Crippen LogP contribution in [-0.2, 0) is 14.3 Å². The Morgan fingerprint density at radius 2 is 1.84 bits per heavy atom. The first-order valence-corrected chi connectivity index (χ1v) is 9.18. The lowest BCUT2D eigenvalue weighted by Crippen LogP contribution is -2.42. The molecule has 2 amide bonds. The molecule has 5 nitrogen and oxygen atoms in total. The van der Waals surface area contributed by atoms with E-state index in [0.29, 0.717) is 32.7 Å². The van der Waals surface area contributed by atoms with Crippen molar-refractivity contribution in [1.29, 1.82) is 0 Å². The highest BCUT2D eigenvalue weighted by Gasteiger charge is 2.51. The number of likely N-dealkylation sites (tertiary alicyclic amines) is 1. The Labute approximate surface area is 149 Å². The fourth-order valence-electron chi connectivity index (χ4n) is 4.30. The van der Waals surface area contributed by atoms with Gasteiger partial charge in [-0.1, -0.05) is 13.0 Å². The van der Waals surface area contributed by atoms with Crippen LogP contribution in [0.1, 0.15) is 37.3 Å². The van der Waals surface area contributed by atoms with E-state index < -0.39 is 0 Å². The average Bonchev–Trinajstić information content (AvgIpc) is 2.92. The molecule has 0 aromatic heterocycles. The fourth-order valence-corrected chi connectivity index (χ4v) is 4.30. The number of anilines is 1. The van der Waals surface area contributed by atoms with Gasteiger partial charge < -0.3 is 15.0 Å². The zero-order chi connectivity index (χ0) is 18.0. The first-order chi connectivity index (χ1) is 11.9. The Balaban J connectivity index is 1.81. The van der Waals surface area contributed by atoms with Crippen molar-refractivity contribution >= 4 is 17.5 Å². The summed E-state index contributed by atoms with van der Waals surface area (Å²) in [6.07, 6.45) is 2.16. The Kier molecular flexibility index (Phi) is 5.13. The van der Waals surface area contributed by atoms with Crippen LogP contribution < -0.4 is 5.32 Å². The molecule has 1 aromatic rings. The summed E-state index contributed by atoms with van der Waals surface area (Å²) in [5.74, 6) is -0.0152. The lowest BCUT2D eigenvalue weighted by Gasteiger charge is -2.37. The second-order valence-electron chi connectivity index (χ2n) is 7.52. The molecule has 0 saturated carbocycles. The van der Waals surface area contributed by atoms with E-state index in [1.54, 1.807) is 0 Å². The van der Waals surface area contributed by atoms with Gasteiger partial charge in [-0.05, 0) is 49.9 Å². The third-order valence-corrected chi connectivity index (χ3v) is 5.60. The van der Waals surface area contributed by atoms with Gasteiger partial charge in [0.05, 0.1) is 5.92 Å². The van der Waals surface area contributed by atoms with E-state index in [4.69, 9.17) is 4.74 Å². The van der Waals surface area contributed by atoms with Gasteiger partial charge >= 0.3 is 0 Å². The maximum atomic E-state index is 13.1. The van der Waals surface area contributed by atoms with Crippen LogP contribution in [0.5, 0.6) is 0 Å². The molecule has 1 unspecified atom stereocenters. The molecule has 136 valence electrons. The summed E-state index contributed by atoms with van der Waals surface area (Å²) in [6.45, 7) is 8.46. The summed E-state index contributed by atoms with van der Waals surface area (Å²) in [6, 6.07) is 6.07. The molecule has 2 saturated heterocycles. The van der Waals surface area contributed by atoms with Crippen molar-refractivity contribution < 1.29 is 14.3 Å². The third kappa shape index (κ3) is 3.71. The minimum absolute atomic E-state index is 0.0262. The van der Waals surface area contributed by atoms with Crippen LogP contribution in [-0.4, -0.2) is 43.0 Å². The lowest BCUT2D eigenvalue weighted by atomic mass is 9.71. The number of ether oxygens (including phenoxy) is 1. The number of amides is 2. The van der Waals surface area contributed by atoms with Crippen LogP contribution in [0, 0.1) is 25.2 Å². The van der Waals surface area contributed by atoms with Crippen LogP contribution in [0.25, 0.3) is 0 Å². The van der Waals surface area contributed by atoms with Crippen LogP contribution in [0.3, 0.4) is 0 Å². The van der Waals surface area contributed by atoms with Crippen molar-refractivity contribution in [3.8, 4) is 0 Å². The molecule has 2 aliphatic rings. The second-order valence-corrected chi connectivity index (χ2v) is 7.52. The summed E-state index contributed by atoms with van der Waals surface area (Å²) in [5.41, 5.74) is 2.95. The molecule has 0 bridgehead atoms. The standard InChI is InChI=1S/C20H28N2O3/c1-4-18(23)22-12-17(20(13-22)5-7-25-8-6-20)19(24)21-16-10-14(2)9-15(3)11-16/h9-11,17H,4-8,12-13H2,1-3H3,(H,21,24). The Morgan fingerprint density at radius 3 is 2.44 bits per heavy atom. The number of carbonyl (C=O) groups excluding carboxylic acids is 2. The highest BCUT2D eigenvalue weighted by Crippen LogP contribution is 2.45. The predicted molar refractivity (Wildman–Crippen MR) is 97.4 cm³/mol. The highest BCUT2D eigenvalue weighted by atomic mass is 16.5. The van der Waals surface area contributed by atoms with Crippen LogP contribution in [0.2, 0.25) is 0 Å². The van der Waals surface area contributed by atoms with Gasteiger partial charge in [0.15, 0.2) is 0 Å². The molecule has 2 aliphatic heterocycles. The van der Waals surface area contributed by atoms with Crippen LogP contribution in [0.15, 0.2) is 18.2 Å². The Morgan fingerprint density at radius 1 is 1.20 bits per heavy atom. The van der Waals surface area contributed by atoms with E-state index >= 15 is 0 Å². The molecule has 1 aromatic carbocycles. The summed E-state index contributed by atoms with van der Waals surface area (Å²) < 4.78 is 5.52. The Hall–Kier alpha value is -1.88. The number of hydrogen-bond acceptors (Lipinski definition) is 3. The van der Waals surface area contributed by atoms with Gasteiger partial charge in [-0.3, -0.25) is 9.59 Å². The van der Waals surface area contributed by atoms with Gasteiger partial charge in [0, 0.05) is 43.8 Å². The quantitative estimate of drug-likeness (QED) is 0.917. The molecule has 0 radical (unpaired) electrons. The van der Waals surface area contributed by atoms with E-state index in [0.717, 1.165) is 29.7 Å². The zero-order valence-corrected chi connectivity index (χ0v) is 15.4. The summed E-state index contributed by atoms with van der Waals surface area (Å²) in [4.78, 5) is 27.2. The molecule has 1 atom stereocenters. The first-order valence-electron chi connectivity index (χ1n) is 9.18. The van der Waals surface area contributed by atoms with Crippen molar-refractivity contribution in [1.82, 2.24) is 4.90 Å². The van der Waals surface area contributed by atoms with Gasteiger partial charge in [0.1, 0.15) is 0 Å². The van der Waals surface area contributed by atoms with Gasteiger partial charge in [-0.15, -0.1) is 0 Å². The summed E-state index contributed by atoms with van der Waals surface area (Å²) >= 11 is 0. The van der Waals surface area contributed by atoms with E-state index in [1.165, 1.54) is 0 Å². The monoisotopic (exact) mass is 344 g/mol. The van der Waals surface area contributed by atoms with E-state index in [2.05, 4.69) is 11.4 Å². The molecule has 25 heavy (non-hydrogen) atoms. The molecule has 2 heterocycles. The van der Waals surface area contributed by atoms with Gasteiger partial charge in [-0.2, -0.15) is 0 Å². The first kappa shape index (κ1) is 17.9. The Bertz CT molecular complexity index is 645. The number of nitrogens with zero attached hydrogens (tertiary/aromatic N) is 1. The lowest BCUT2D eigenvalue weighted by molar-refractivity contribution is -0.130. The molecule has 1 N–H and O–H groups in total. The number of rotatable bonds is 3. The maximum Gasteiger partial charge on any atom is 0.229 e. The fraction of sp³-hybridized carbons (Fsp3) is 0.600. The maximum absolute atomic E-state index is 13.1. The van der Waals surface area contributed by atoms with Crippen molar-refractivity contribution in [2.45, 2.75) is 40.0 Å². The minimum Gasteiger partial charge on any atom is -0.381 e. The molecule has 3 rings (SSSR count). The normalized spacial score (nSPS) is 22.2. The van der Waals surface area contributed by atoms with E-state index in [9.17, 15) is 9.59 Å². The SMILES string of the molecule is CCC(=O)N1CC(C(=O)Nc2cc(C)cc(C)c2)C2(CCOCC2)C1. The van der Waals surface area contributed by atoms with Gasteiger partial charge in [0.2, 0.25) is 11.8 Å². The van der Waals surface area contributed by atoms with Crippen molar-refractivity contribution in [2.75, 3.05) is 31.6 Å². The van der Waals surface area contributed by atoms with Crippen molar-refractivity contribution in [2.24, 2.45) is 11.3 Å². The molecular formula is C20H28N2O3. The zero-order valence-electron chi connectivity index (χ0n) is 15.4. The number of nitrogens with one attached hydrogen (secondary N) is 1. The third-order valence-electron chi connectivity index (χ3n) is 5.60. The number of benzene rings is 1. The van der Waals surface area contributed by atoms with Crippen LogP contribution >= 0.6 is 0 Å². The van der Waals surface area contributed by atoms with E-state index in [-0.39, 0.29) is 23.1 Å². The van der Waals surface area contributed by atoms with Gasteiger partial charge in [-0.25, -0.2) is 0 Å². The average molecular weight is 344 g/mol. The largest absolute Gasteiger partial charge is 0.381 e. The molecule has 2 fully saturated rings. The second kappa shape index (κ2) is 7.16. The minimum atomic E-state index is -0.173. The molecular weight excluding hydrogens is 316 g/mol. The van der Waals surface area contributed by atoms with Gasteiger partial charge in [0.25, 0.3) is 0 Å². The number of carbonyl (C=O) groups is 2. The topological polar surface area (TPSA) is 58.6 Å². The van der Waals surface area contributed by atoms with Crippen molar-refractivity contribution in [3.05, 3.63) is 29.3 Å². The van der Waals surface area contributed by atoms with Crippen molar-refractivity contribution in [3.63, 3.8) is 0 Å². The van der Waals surface area contributed by atoms with E-state index in [1.807, 2.05) is 37.8 Å². The summed E-state index contributed by atoms with van der Waals surface area (Å²) in [7, 11) is 0. The molecule has 0 aliphatic carbocycles. The smallest absolute Gasteiger partial charge is 0.229 e. The molecule has 1 spiro atoms. The highest BCUT2D eigenvalue weighted by molar-refractivity contribution is 5.94. The predicted octanol–water partition coefficient (Wildman–Crippen LogP) is 2.91. The number of hydrogen-bond donors (Lipinski definition) is 1. The summed E-state index contributed by atoms with van der Waals surface area (Å²) in [5, 5.41) is 3.10.